The van der Waals surface area contributed by atoms with E-state index in [4.69, 9.17) is 42.3 Å². The molecule has 0 saturated carbocycles. The van der Waals surface area contributed by atoms with E-state index in [1.807, 2.05) is 44.2 Å². The predicted molar refractivity (Wildman–Crippen MR) is 248 cm³/mol. The van der Waals surface area contributed by atoms with E-state index < -0.39 is 11.2 Å². The van der Waals surface area contributed by atoms with E-state index in [-0.39, 0.29) is 22.8 Å². The van der Waals surface area contributed by atoms with Crippen LogP contribution in [-0.2, 0) is 9.47 Å². The molecule has 63 heavy (non-hydrogen) atoms. The van der Waals surface area contributed by atoms with Crippen LogP contribution < -0.4 is 0 Å². The van der Waals surface area contributed by atoms with Crippen molar-refractivity contribution in [1.82, 2.24) is 0 Å². The van der Waals surface area contributed by atoms with Crippen molar-refractivity contribution in [3.63, 3.8) is 0 Å². The number of allylic oxidation sites excluding steroid dienone is 4. The molecule has 0 amide bonds. The molecular weight excluding hydrogens is 863 g/mol. The number of rotatable bonds is 9. The minimum Gasteiger partial charge on any atom is -0.507 e. The molecule has 0 bridgehead atoms. The van der Waals surface area contributed by atoms with Gasteiger partial charge in [-0.25, -0.2) is 29.5 Å². The number of ether oxygens (including phenoxy) is 2. The van der Waals surface area contributed by atoms with Gasteiger partial charge in [-0.1, -0.05) is 18.2 Å². The van der Waals surface area contributed by atoms with Gasteiger partial charge in [0, 0.05) is 50.2 Å². The Morgan fingerprint density at radius 2 is 1.27 bits per heavy atom. The lowest BCUT2D eigenvalue weighted by atomic mass is 9.95. The second-order valence-corrected chi connectivity index (χ2v) is 18.7. The van der Waals surface area contributed by atoms with Crippen molar-refractivity contribution in [2.75, 3.05) is 0 Å². The maximum Gasteiger partial charge on any atom is 0.304 e. The van der Waals surface area contributed by atoms with Crippen LogP contribution in [0.25, 0.3) is 69.6 Å². The first-order chi connectivity index (χ1) is 30.2. The van der Waals surface area contributed by atoms with Crippen LogP contribution in [0.2, 0.25) is 0 Å². The predicted octanol–water partition coefficient (Wildman–Crippen LogP) is 13.9. The summed E-state index contributed by atoms with van der Waals surface area (Å²) < 4.78 is 11.8. The lowest BCUT2D eigenvalue weighted by molar-refractivity contribution is 0.0945. The molecule has 0 unspecified atom stereocenters. The lowest BCUT2D eigenvalue weighted by Crippen LogP contribution is -2.20. The van der Waals surface area contributed by atoms with Gasteiger partial charge < -0.3 is 9.47 Å². The molecule has 0 saturated heterocycles. The third kappa shape index (κ3) is 8.81. The zero-order chi connectivity index (χ0) is 45.6. The summed E-state index contributed by atoms with van der Waals surface area (Å²) in [5.41, 5.74) is 1.17. The van der Waals surface area contributed by atoms with E-state index in [9.17, 15) is 21.0 Å². The Morgan fingerprint density at radius 3 is 1.86 bits per heavy atom. The van der Waals surface area contributed by atoms with Crippen molar-refractivity contribution in [1.29, 1.82) is 21.0 Å². The number of nitriles is 4. The fourth-order valence-electron chi connectivity index (χ4n) is 6.42. The van der Waals surface area contributed by atoms with Crippen molar-refractivity contribution in [3.05, 3.63) is 186 Å². The summed E-state index contributed by atoms with van der Waals surface area (Å²) in [5, 5.41) is 39.6. The van der Waals surface area contributed by atoms with E-state index in [1.165, 1.54) is 45.3 Å². The summed E-state index contributed by atoms with van der Waals surface area (Å²) in [5.74, 6) is 0.236. The molecule has 4 aromatic rings. The quantitative estimate of drug-likeness (QED) is 0.121. The van der Waals surface area contributed by atoms with Gasteiger partial charge in [-0.05, 0) is 89.3 Å². The number of hydrogen-bond acceptors (Lipinski definition) is 10. The third-order valence-corrected chi connectivity index (χ3v) is 14.0. The molecule has 2 aliphatic rings. The molecule has 6 rings (SSSR count). The maximum atomic E-state index is 10.2. The van der Waals surface area contributed by atoms with Crippen LogP contribution in [0.4, 0.5) is 5.69 Å². The van der Waals surface area contributed by atoms with Crippen LogP contribution in [0.15, 0.2) is 93.9 Å². The normalized spacial score (nSPS) is 17.0. The van der Waals surface area contributed by atoms with Crippen LogP contribution in [-0.4, -0.2) is 11.2 Å². The Hall–Kier alpha value is -8.27. The van der Waals surface area contributed by atoms with Crippen LogP contribution >= 0.6 is 45.3 Å². The summed E-state index contributed by atoms with van der Waals surface area (Å²) in [6.07, 6.45) is 10.5. The summed E-state index contributed by atoms with van der Waals surface area (Å²) in [6.45, 7) is 47.1. The zero-order valence-electron chi connectivity index (χ0n) is 33.9. The topological polar surface area (TPSA) is 135 Å². The van der Waals surface area contributed by atoms with Gasteiger partial charge in [0.1, 0.15) is 35.2 Å². The van der Waals surface area contributed by atoms with Gasteiger partial charge in [-0.2, -0.15) is 15.8 Å². The van der Waals surface area contributed by atoms with Crippen molar-refractivity contribution >= 4 is 86.6 Å². The second-order valence-electron chi connectivity index (χ2n) is 14.3. The minimum absolute atomic E-state index is 0.0461. The molecule has 11 nitrogen and oxygen atoms in total. The number of nitrogens with zero attached hydrogens (tertiary/aromatic N) is 9. The molecule has 4 aromatic heterocycles. The Bertz CT molecular complexity index is 3280. The van der Waals surface area contributed by atoms with Gasteiger partial charge in [0.05, 0.1) is 55.6 Å². The van der Waals surface area contributed by atoms with Gasteiger partial charge in [0.2, 0.25) is 17.1 Å². The van der Waals surface area contributed by atoms with Crippen molar-refractivity contribution in [2.24, 2.45) is 0 Å². The standard InChI is InChI=1S/C48H27N9O2S4/c1-27(53-6)45-44(57-10)34(48(4,5)58-45)16-12-31-14-18-39(61-31)35(54-7)21-40-29(24-50)20-42(62-40)43-22-36(55-8)41(63-43)19-28(23-49)38-17-13-30(60-38)11-15-33-32(25-51)46(37(26-52)56-9)59-47(33,2)3/h11-22H,1-5H3/b15-11+,16-12+,28-19+,35-21-,45-27+,46-37-. The highest BCUT2D eigenvalue weighted by Crippen LogP contribution is 2.45. The lowest BCUT2D eigenvalue weighted by Gasteiger charge is -2.22. The fourth-order valence-corrected chi connectivity index (χ4v) is 10.3. The third-order valence-electron chi connectivity index (χ3n) is 9.50. The van der Waals surface area contributed by atoms with E-state index in [0.29, 0.717) is 64.6 Å². The first kappa shape index (κ1) is 44.3. The molecule has 0 spiro atoms. The van der Waals surface area contributed by atoms with Crippen molar-refractivity contribution < 1.29 is 9.47 Å². The Kier molecular flexibility index (Phi) is 12.8. The Balaban J connectivity index is 1.26. The molecule has 0 aromatic carbocycles. The highest BCUT2D eigenvalue weighted by Gasteiger charge is 2.39. The molecule has 0 aliphatic carbocycles. The number of thiophene rings is 4. The molecule has 0 fully saturated rings. The molecule has 2 aliphatic heterocycles. The van der Waals surface area contributed by atoms with E-state index in [2.05, 4.69) is 42.4 Å². The van der Waals surface area contributed by atoms with Gasteiger partial charge >= 0.3 is 5.70 Å². The summed E-state index contributed by atoms with van der Waals surface area (Å²) in [7, 11) is 0. The molecule has 15 heteroatoms. The van der Waals surface area contributed by atoms with Gasteiger partial charge in [0.15, 0.2) is 11.5 Å². The van der Waals surface area contributed by atoms with Gasteiger partial charge in [-0.15, -0.1) is 45.3 Å². The zero-order valence-corrected chi connectivity index (χ0v) is 37.2. The second kappa shape index (κ2) is 18.1. The Morgan fingerprint density at radius 1 is 0.651 bits per heavy atom. The summed E-state index contributed by atoms with van der Waals surface area (Å²) >= 11 is 5.34. The molecule has 0 atom stereocenters. The average Bonchev–Trinajstić information content (AvgIpc) is 4.14. The highest BCUT2D eigenvalue weighted by atomic mass is 32.1. The monoisotopic (exact) mass is 889 g/mol. The van der Waals surface area contributed by atoms with Crippen LogP contribution in [0.3, 0.4) is 0 Å². The number of hydrogen-bond donors (Lipinski definition) is 0. The Labute approximate surface area is 380 Å². The molecular formula is C48H27N9O2S4. The van der Waals surface area contributed by atoms with E-state index in [1.54, 1.807) is 69.3 Å². The average molecular weight is 890 g/mol. The maximum absolute atomic E-state index is 10.2. The largest absolute Gasteiger partial charge is 0.507 e. The van der Waals surface area contributed by atoms with Crippen LogP contribution in [0.5, 0.6) is 0 Å². The molecule has 0 N–H and O–H groups in total. The molecule has 300 valence electrons. The van der Waals surface area contributed by atoms with Gasteiger partial charge in [0.25, 0.3) is 0 Å². The van der Waals surface area contributed by atoms with Gasteiger partial charge in [-0.3, -0.25) is 0 Å². The summed E-state index contributed by atoms with van der Waals surface area (Å²) in [4.78, 5) is 23.3. The van der Waals surface area contributed by atoms with Crippen molar-refractivity contribution in [3.8, 4) is 34.0 Å². The van der Waals surface area contributed by atoms with Crippen molar-refractivity contribution in [2.45, 2.75) is 45.8 Å². The minimum atomic E-state index is -0.967. The highest BCUT2D eigenvalue weighted by molar-refractivity contribution is 7.23. The molecule has 0 radical (unpaired) electrons. The fraction of sp³-hybridized carbons (Fsp3) is 0.146. The SMILES string of the molecule is [C-]#[N+]C1=C(/C=C/c2ccc(/C(=C/c3sc(-c4cc([N+]#[C-])c(/C=C(\C#N)c5ccc(/C=C/C6=C(C#N)C(=C(\C#N)[N+]#[C-])/OC6(C)C)s5)s4)cc3C#N)[N+]#[C-])s2)C(C)(C)O/C1=C(\C)[N+]#[C-]. The van der Waals surface area contributed by atoms with Crippen LogP contribution in [0, 0.1) is 78.2 Å². The van der Waals surface area contributed by atoms with Crippen LogP contribution in [0.1, 0.15) is 69.4 Å². The molecule has 6 heterocycles. The first-order valence-corrected chi connectivity index (χ1v) is 21.5. The van der Waals surface area contributed by atoms with E-state index >= 15 is 0 Å². The first-order valence-electron chi connectivity index (χ1n) is 18.3. The summed E-state index contributed by atoms with van der Waals surface area (Å²) in [6, 6.07) is 19.1. The van der Waals surface area contributed by atoms with E-state index in [0.717, 1.165) is 19.5 Å². The smallest absolute Gasteiger partial charge is 0.304 e.